The van der Waals surface area contributed by atoms with Gasteiger partial charge in [-0.1, -0.05) is 70.4 Å². The summed E-state index contributed by atoms with van der Waals surface area (Å²) in [4.78, 5) is 11.6. The largest absolute Gasteiger partial charge is 0.465 e. The summed E-state index contributed by atoms with van der Waals surface area (Å²) in [5.74, 6) is -78.9. The molecule has 0 saturated heterocycles. The first kappa shape index (κ1) is 50.7. The standard InChI is InChI=1S/C30H37F21O2/c1-2-3-4-5-6-7-8-9-10-11-12-13-14-15-16-17-20(52)53-19-18-21(31,32)22(33,34)23(35,36)24(37,38)25(39,40)26(41,42)27(43,44)28(45,46)29(47,48)30(49,50)51/h9-10H,2-8,11-19H2,1H3/b10-9-. The molecule has 0 fully saturated rings. The van der Waals surface area contributed by atoms with E-state index in [9.17, 15) is 97.0 Å². The molecule has 0 aromatic heterocycles. The Labute approximate surface area is 289 Å². The van der Waals surface area contributed by atoms with E-state index in [2.05, 4.69) is 11.7 Å². The molecule has 53 heavy (non-hydrogen) atoms. The van der Waals surface area contributed by atoms with E-state index in [4.69, 9.17) is 0 Å². The fourth-order valence-electron chi connectivity index (χ4n) is 4.45. The van der Waals surface area contributed by atoms with Crippen molar-refractivity contribution in [2.75, 3.05) is 6.61 Å². The first-order chi connectivity index (χ1) is 23.7. The molecular weight excluding hydrogens is 791 g/mol. The average Bonchev–Trinajstić information content (AvgIpc) is 3.01. The summed E-state index contributed by atoms with van der Waals surface area (Å²) in [7, 11) is 0. The van der Waals surface area contributed by atoms with Crippen molar-refractivity contribution in [3.63, 3.8) is 0 Å². The number of carbonyl (C=O) groups is 1. The van der Waals surface area contributed by atoms with Crippen LogP contribution in [0.2, 0.25) is 0 Å². The van der Waals surface area contributed by atoms with Crippen molar-refractivity contribution in [1.82, 2.24) is 0 Å². The minimum Gasteiger partial charge on any atom is -0.465 e. The van der Waals surface area contributed by atoms with Crippen molar-refractivity contribution in [2.45, 2.75) is 163 Å². The van der Waals surface area contributed by atoms with Gasteiger partial charge in [0, 0.05) is 6.42 Å². The number of alkyl halides is 21. The zero-order chi connectivity index (χ0) is 42.0. The number of rotatable bonds is 26. The average molecular weight is 829 g/mol. The number of hydrogen-bond acceptors (Lipinski definition) is 2. The van der Waals surface area contributed by atoms with Crippen molar-refractivity contribution >= 4 is 5.97 Å². The van der Waals surface area contributed by atoms with Crippen molar-refractivity contribution < 1.29 is 102 Å². The Balaban J connectivity index is 5.33. The third kappa shape index (κ3) is 10.7. The Bertz CT molecular complexity index is 1150. The molecule has 0 amide bonds. The minimum absolute atomic E-state index is 0.00538. The number of carbonyl (C=O) groups excluding carboxylic acids is 1. The molecule has 0 atom stereocenters. The molecule has 0 rings (SSSR count). The molecule has 0 saturated carbocycles. The van der Waals surface area contributed by atoms with Gasteiger partial charge in [0.05, 0.1) is 13.0 Å². The van der Waals surface area contributed by atoms with Crippen molar-refractivity contribution in [3.05, 3.63) is 12.2 Å². The summed E-state index contributed by atoms with van der Waals surface area (Å²) in [6, 6.07) is 0. The second-order valence-corrected chi connectivity index (χ2v) is 12.1. The highest BCUT2D eigenvalue weighted by Crippen LogP contribution is 2.66. The van der Waals surface area contributed by atoms with Crippen LogP contribution < -0.4 is 0 Å². The molecular formula is C30H37F21O2. The quantitative estimate of drug-likeness (QED) is 0.0376. The van der Waals surface area contributed by atoms with Gasteiger partial charge in [-0.05, 0) is 32.1 Å². The first-order valence-electron chi connectivity index (χ1n) is 16.0. The Morgan fingerprint density at radius 3 is 1.13 bits per heavy atom. The van der Waals surface area contributed by atoms with E-state index < -0.39 is 84.9 Å². The highest BCUT2D eigenvalue weighted by molar-refractivity contribution is 5.69. The van der Waals surface area contributed by atoms with E-state index >= 15 is 0 Å². The van der Waals surface area contributed by atoms with Crippen LogP contribution in [0, 0.1) is 0 Å². The maximum absolute atomic E-state index is 14.0. The van der Waals surface area contributed by atoms with Crippen LogP contribution in [0.15, 0.2) is 12.2 Å². The molecule has 0 N–H and O–H groups in total. The van der Waals surface area contributed by atoms with E-state index in [-0.39, 0.29) is 6.42 Å². The molecule has 2 nitrogen and oxygen atoms in total. The van der Waals surface area contributed by atoms with Gasteiger partial charge in [-0.15, -0.1) is 0 Å². The fraction of sp³-hybridized carbons (Fsp3) is 0.900. The van der Waals surface area contributed by atoms with Gasteiger partial charge >= 0.3 is 65.4 Å². The van der Waals surface area contributed by atoms with Gasteiger partial charge in [0.25, 0.3) is 0 Å². The number of halogens is 21. The first-order valence-corrected chi connectivity index (χ1v) is 16.0. The van der Waals surface area contributed by atoms with Gasteiger partial charge in [-0.2, -0.15) is 92.2 Å². The molecule has 0 bridgehead atoms. The molecule has 0 aliphatic carbocycles. The second-order valence-electron chi connectivity index (χ2n) is 12.1. The SMILES string of the molecule is CCCCCCCC/C=C\CCCCCCCC(=O)OCCC(F)(F)C(F)(F)C(F)(F)C(F)(F)C(F)(F)C(F)(F)C(F)(F)C(F)(F)C(F)(F)C(F)(F)F. The van der Waals surface area contributed by atoms with Gasteiger partial charge < -0.3 is 4.74 Å². The van der Waals surface area contributed by atoms with Gasteiger partial charge in [-0.25, -0.2) is 0 Å². The van der Waals surface area contributed by atoms with Crippen LogP contribution in [-0.2, 0) is 9.53 Å². The predicted octanol–water partition coefficient (Wildman–Crippen LogP) is 13.2. The Hall–Kier alpha value is -2.26. The lowest BCUT2D eigenvalue weighted by Crippen LogP contribution is -2.76. The zero-order valence-corrected chi connectivity index (χ0v) is 27.7. The number of allylic oxidation sites excluding steroid dienone is 2. The van der Waals surface area contributed by atoms with Crippen molar-refractivity contribution in [2.24, 2.45) is 0 Å². The molecule has 0 radical (unpaired) electrons. The molecule has 0 spiro atoms. The summed E-state index contributed by atoms with van der Waals surface area (Å²) in [6.07, 6.45) is 3.32. The predicted molar refractivity (Wildman–Crippen MR) is 146 cm³/mol. The summed E-state index contributed by atoms with van der Waals surface area (Å²) in [5, 5.41) is 0. The number of esters is 1. The highest BCUT2D eigenvalue weighted by atomic mass is 19.4. The second kappa shape index (κ2) is 18.6. The molecule has 0 unspecified atom stereocenters. The maximum Gasteiger partial charge on any atom is 0.460 e. The van der Waals surface area contributed by atoms with Crippen LogP contribution >= 0.6 is 0 Å². The van der Waals surface area contributed by atoms with Gasteiger partial charge in [0.15, 0.2) is 0 Å². The fourth-order valence-corrected chi connectivity index (χ4v) is 4.45. The number of ether oxygens (including phenoxy) is 1. The van der Waals surface area contributed by atoms with E-state index in [0.717, 1.165) is 44.9 Å². The summed E-state index contributed by atoms with van der Waals surface area (Å²) in [6.45, 7) is 0.0513. The summed E-state index contributed by atoms with van der Waals surface area (Å²) < 4.78 is 287. The Morgan fingerprint density at radius 1 is 0.434 bits per heavy atom. The smallest absolute Gasteiger partial charge is 0.460 e. The van der Waals surface area contributed by atoms with E-state index in [1.165, 1.54) is 12.8 Å². The van der Waals surface area contributed by atoms with Gasteiger partial charge in [-0.3, -0.25) is 4.79 Å². The maximum atomic E-state index is 14.0. The summed E-state index contributed by atoms with van der Waals surface area (Å²) in [5.41, 5.74) is 0. The number of unbranched alkanes of at least 4 members (excludes halogenated alkanes) is 11. The molecule has 0 aliphatic heterocycles. The Morgan fingerprint density at radius 2 is 0.755 bits per heavy atom. The van der Waals surface area contributed by atoms with Crippen molar-refractivity contribution in [1.29, 1.82) is 0 Å². The van der Waals surface area contributed by atoms with Gasteiger partial charge in [0.2, 0.25) is 0 Å². The molecule has 0 aliphatic rings. The molecule has 0 heterocycles. The topological polar surface area (TPSA) is 26.3 Å². The van der Waals surface area contributed by atoms with Crippen LogP contribution in [0.1, 0.15) is 103 Å². The van der Waals surface area contributed by atoms with E-state index in [1.807, 2.05) is 12.2 Å². The lowest BCUT2D eigenvalue weighted by Gasteiger charge is -2.44. The molecule has 316 valence electrons. The van der Waals surface area contributed by atoms with Crippen molar-refractivity contribution in [3.8, 4) is 0 Å². The van der Waals surface area contributed by atoms with Crippen LogP contribution in [0.4, 0.5) is 92.2 Å². The van der Waals surface area contributed by atoms with Crippen LogP contribution in [0.3, 0.4) is 0 Å². The normalized spacial score (nSPS) is 15.1. The van der Waals surface area contributed by atoms with Crippen LogP contribution in [0.5, 0.6) is 0 Å². The van der Waals surface area contributed by atoms with E-state index in [1.54, 1.807) is 0 Å². The molecule has 0 aromatic rings. The third-order valence-corrected chi connectivity index (χ3v) is 7.90. The minimum atomic E-state index is -9.21. The highest BCUT2D eigenvalue weighted by Gasteiger charge is 2.97. The van der Waals surface area contributed by atoms with E-state index in [0.29, 0.717) is 19.3 Å². The zero-order valence-electron chi connectivity index (χ0n) is 27.7. The van der Waals surface area contributed by atoms with Crippen LogP contribution in [-0.4, -0.2) is 72.1 Å². The molecule has 23 heteroatoms. The lowest BCUT2D eigenvalue weighted by molar-refractivity contribution is -0.474. The third-order valence-electron chi connectivity index (χ3n) is 7.90. The van der Waals surface area contributed by atoms with Gasteiger partial charge in [0.1, 0.15) is 0 Å². The Kier molecular flexibility index (Phi) is 17.8. The summed E-state index contributed by atoms with van der Waals surface area (Å²) >= 11 is 0. The lowest BCUT2D eigenvalue weighted by atomic mass is 9.86. The van der Waals surface area contributed by atoms with Crippen LogP contribution in [0.25, 0.3) is 0 Å². The monoisotopic (exact) mass is 828 g/mol. The molecule has 0 aromatic carbocycles. The number of hydrogen-bond donors (Lipinski definition) is 0.